The van der Waals surface area contributed by atoms with Crippen LogP contribution in [0.3, 0.4) is 0 Å². The number of aldehydes is 1. The highest BCUT2D eigenvalue weighted by Gasteiger charge is 2.02. The summed E-state index contributed by atoms with van der Waals surface area (Å²) in [7, 11) is 0. The highest BCUT2D eigenvalue weighted by molar-refractivity contribution is 5.75. The molecule has 1 aromatic heterocycles. The van der Waals surface area contributed by atoms with Gasteiger partial charge in [0.05, 0.1) is 0 Å². The zero-order valence-electron chi connectivity index (χ0n) is 7.66. The Morgan fingerprint density at radius 3 is 2.58 bits per heavy atom. The second kappa shape index (κ2) is 3.48. The van der Waals surface area contributed by atoms with Gasteiger partial charge in [0.15, 0.2) is 0 Å². The lowest BCUT2D eigenvalue weighted by molar-refractivity contribution is 0.112. The van der Waals surface area contributed by atoms with E-state index in [1.807, 2.05) is 13.0 Å². The Kier molecular flexibility index (Phi) is 2.58. The van der Waals surface area contributed by atoms with E-state index in [9.17, 15) is 4.79 Å². The van der Waals surface area contributed by atoms with Crippen molar-refractivity contribution in [2.24, 2.45) is 0 Å². The van der Waals surface area contributed by atoms with Crippen molar-refractivity contribution in [3.63, 3.8) is 0 Å². The lowest BCUT2D eigenvalue weighted by atomic mass is 10.1. The topological polar surface area (TPSA) is 30.0 Å². The number of aromatic nitrogens is 1. The summed E-state index contributed by atoms with van der Waals surface area (Å²) in [5, 5.41) is 0. The molecule has 12 heavy (non-hydrogen) atoms. The molecule has 0 aliphatic rings. The van der Waals surface area contributed by atoms with E-state index in [-0.39, 0.29) is 0 Å². The summed E-state index contributed by atoms with van der Waals surface area (Å²) in [6, 6.07) is 3.63. The molecule has 0 saturated heterocycles. The maximum atomic E-state index is 10.5. The molecule has 0 unspecified atom stereocenters. The minimum Gasteiger partial charge on any atom is -0.298 e. The number of hydrogen-bond donors (Lipinski definition) is 0. The van der Waals surface area contributed by atoms with Crippen LogP contribution < -0.4 is 0 Å². The van der Waals surface area contributed by atoms with Crippen molar-refractivity contribution >= 4 is 6.29 Å². The van der Waals surface area contributed by atoms with Crippen LogP contribution in [0.2, 0.25) is 0 Å². The standard InChI is InChI=1S/C10H13NO/c1-7(2)10-5-9(6-12)4-8(3)11-10/h4-7H,1-3H3. The Bertz CT molecular complexity index is 292. The van der Waals surface area contributed by atoms with Crippen molar-refractivity contribution in [3.05, 3.63) is 29.1 Å². The van der Waals surface area contributed by atoms with Crippen molar-refractivity contribution in [3.8, 4) is 0 Å². The van der Waals surface area contributed by atoms with E-state index in [0.29, 0.717) is 11.5 Å². The van der Waals surface area contributed by atoms with Gasteiger partial charge in [-0.25, -0.2) is 0 Å². The van der Waals surface area contributed by atoms with Gasteiger partial charge in [0.2, 0.25) is 0 Å². The molecular formula is C10H13NO. The van der Waals surface area contributed by atoms with E-state index >= 15 is 0 Å². The first kappa shape index (κ1) is 8.91. The second-order valence-electron chi connectivity index (χ2n) is 3.24. The minimum atomic E-state index is 0.378. The third kappa shape index (κ3) is 1.91. The number of pyridine rings is 1. The molecule has 0 bridgehead atoms. The van der Waals surface area contributed by atoms with Crippen LogP contribution in [-0.2, 0) is 0 Å². The van der Waals surface area contributed by atoms with Crippen LogP contribution >= 0.6 is 0 Å². The Morgan fingerprint density at radius 1 is 1.42 bits per heavy atom. The Hall–Kier alpha value is -1.18. The van der Waals surface area contributed by atoms with E-state index in [2.05, 4.69) is 18.8 Å². The maximum Gasteiger partial charge on any atom is 0.150 e. The van der Waals surface area contributed by atoms with Crippen LogP contribution in [-0.4, -0.2) is 11.3 Å². The zero-order chi connectivity index (χ0) is 9.14. The lowest BCUT2D eigenvalue weighted by Gasteiger charge is -2.05. The van der Waals surface area contributed by atoms with Gasteiger partial charge in [0.25, 0.3) is 0 Å². The van der Waals surface area contributed by atoms with E-state index in [1.165, 1.54) is 0 Å². The van der Waals surface area contributed by atoms with E-state index in [1.54, 1.807) is 6.07 Å². The molecule has 0 aliphatic heterocycles. The van der Waals surface area contributed by atoms with Crippen LogP contribution in [0.15, 0.2) is 12.1 Å². The molecule has 0 N–H and O–H groups in total. The van der Waals surface area contributed by atoms with Crippen molar-refractivity contribution in [1.82, 2.24) is 4.98 Å². The first-order valence-electron chi connectivity index (χ1n) is 4.07. The maximum absolute atomic E-state index is 10.5. The van der Waals surface area contributed by atoms with Gasteiger partial charge in [-0.1, -0.05) is 13.8 Å². The molecule has 2 nitrogen and oxygen atoms in total. The van der Waals surface area contributed by atoms with Gasteiger partial charge in [0.1, 0.15) is 6.29 Å². The normalized spacial score (nSPS) is 10.3. The van der Waals surface area contributed by atoms with Crippen LogP contribution in [0.1, 0.15) is 41.5 Å². The van der Waals surface area contributed by atoms with Crippen LogP contribution in [0.5, 0.6) is 0 Å². The van der Waals surface area contributed by atoms with E-state index < -0.39 is 0 Å². The number of nitrogens with zero attached hydrogens (tertiary/aromatic N) is 1. The van der Waals surface area contributed by atoms with Gasteiger partial charge in [-0.2, -0.15) is 0 Å². The van der Waals surface area contributed by atoms with Crippen LogP contribution in [0.25, 0.3) is 0 Å². The summed E-state index contributed by atoms with van der Waals surface area (Å²) >= 11 is 0. The van der Waals surface area contributed by atoms with Crippen molar-refractivity contribution in [2.45, 2.75) is 26.7 Å². The fourth-order valence-corrected chi connectivity index (χ4v) is 1.09. The SMILES string of the molecule is Cc1cc(C=O)cc(C(C)C)n1. The zero-order valence-corrected chi connectivity index (χ0v) is 7.66. The molecule has 1 rings (SSSR count). The molecule has 0 aliphatic carbocycles. The molecule has 0 atom stereocenters. The predicted molar refractivity (Wildman–Crippen MR) is 48.5 cm³/mol. The highest BCUT2D eigenvalue weighted by Crippen LogP contribution is 2.13. The third-order valence-corrected chi connectivity index (χ3v) is 1.72. The number of rotatable bonds is 2. The molecule has 1 heterocycles. The van der Waals surface area contributed by atoms with Gasteiger partial charge >= 0.3 is 0 Å². The molecule has 64 valence electrons. The average Bonchev–Trinajstić information content (AvgIpc) is 2.03. The largest absolute Gasteiger partial charge is 0.298 e. The quantitative estimate of drug-likeness (QED) is 0.626. The highest BCUT2D eigenvalue weighted by atomic mass is 16.1. The summed E-state index contributed by atoms with van der Waals surface area (Å²) in [4.78, 5) is 14.8. The van der Waals surface area contributed by atoms with Crippen LogP contribution in [0.4, 0.5) is 0 Å². The molecule has 0 radical (unpaired) electrons. The molecular weight excluding hydrogens is 150 g/mol. The molecule has 2 heteroatoms. The van der Waals surface area contributed by atoms with Crippen molar-refractivity contribution in [2.75, 3.05) is 0 Å². The molecule has 0 fully saturated rings. The molecule has 0 amide bonds. The first-order chi connectivity index (χ1) is 5.63. The molecule has 0 spiro atoms. The number of hydrogen-bond acceptors (Lipinski definition) is 2. The third-order valence-electron chi connectivity index (χ3n) is 1.72. The van der Waals surface area contributed by atoms with Gasteiger partial charge < -0.3 is 0 Å². The Labute approximate surface area is 72.6 Å². The van der Waals surface area contributed by atoms with E-state index in [0.717, 1.165) is 17.7 Å². The summed E-state index contributed by atoms with van der Waals surface area (Å²) in [6.45, 7) is 6.03. The second-order valence-corrected chi connectivity index (χ2v) is 3.24. The minimum absolute atomic E-state index is 0.378. The number of carbonyl (C=O) groups excluding carboxylic acids is 1. The lowest BCUT2D eigenvalue weighted by Crippen LogP contribution is -1.96. The summed E-state index contributed by atoms with van der Waals surface area (Å²) < 4.78 is 0. The predicted octanol–water partition coefficient (Wildman–Crippen LogP) is 2.33. The molecule has 1 aromatic rings. The van der Waals surface area contributed by atoms with Gasteiger partial charge in [-0.05, 0) is 25.0 Å². The van der Waals surface area contributed by atoms with Crippen molar-refractivity contribution in [1.29, 1.82) is 0 Å². The van der Waals surface area contributed by atoms with Gasteiger partial charge in [-0.3, -0.25) is 9.78 Å². The Balaban J connectivity index is 3.14. The van der Waals surface area contributed by atoms with E-state index in [4.69, 9.17) is 0 Å². The number of aryl methyl sites for hydroxylation is 1. The summed E-state index contributed by atoms with van der Waals surface area (Å²) in [6.07, 6.45) is 0.862. The van der Waals surface area contributed by atoms with Gasteiger partial charge in [0, 0.05) is 17.0 Å². The van der Waals surface area contributed by atoms with Crippen molar-refractivity contribution < 1.29 is 4.79 Å². The monoisotopic (exact) mass is 163 g/mol. The Morgan fingerprint density at radius 2 is 2.08 bits per heavy atom. The molecule has 0 aromatic carbocycles. The fraction of sp³-hybridized carbons (Fsp3) is 0.400. The smallest absolute Gasteiger partial charge is 0.150 e. The first-order valence-corrected chi connectivity index (χ1v) is 4.07. The fourth-order valence-electron chi connectivity index (χ4n) is 1.09. The van der Waals surface area contributed by atoms with Gasteiger partial charge in [-0.15, -0.1) is 0 Å². The summed E-state index contributed by atoms with van der Waals surface area (Å²) in [5.41, 5.74) is 2.60. The average molecular weight is 163 g/mol. The number of carbonyl (C=O) groups is 1. The summed E-state index contributed by atoms with van der Waals surface area (Å²) in [5.74, 6) is 0.378. The van der Waals surface area contributed by atoms with Crippen LogP contribution in [0, 0.1) is 6.92 Å². The molecule has 0 saturated carbocycles.